The van der Waals surface area contributed by atoms with Crippen molar-refractivity contribution in [3.05, 3.63) is 29.8 Å². The van der Waals surface area contributed by atoms with Crippen molar-refractivity contribution in [1.29, 1.82) is 0 Å². The van der Waals surface area contributed by atoms with Crippen molar-refractivity contribution in [1.82, 2.24) is 0 Å². The molecule has 3 atom stereocenters. The van der Waals surface area contributed by atoms with Crippen molar-refractivity contribution < 1.29 is 14.3 Å². The lowest BCUT2D eigenvalue weighted by atomic mass is 9.90. The summed E-state index contributed by atoms with van der Waals surface area (Å²) in [5.74, 6) is 1.54. The van der Waals surface area contributed by atoms with Crippen LogP contribution in [-0.2, 0) is 9.53 Å². The van der Waals surface area contributed by atoms with E-state index < -0.39 is 0 Å². The summed E-state index contributed by atoms with van der Waals surface area (Å²) in [7, 11) is 0. The van der Waals surface area contributed by atoms with E-state index in [0.717, 1.165) is 18.6 Å². The first-order chi connectivity index (χ1) is 9.65. The van der Waals surface area contributed by atoms with Crippen LogP contribution in [0.5, 0.6) is 5.75 Å². The molecule has 0 saturated heterocycles. The van der Waals surface area contributed by atoms with Gasteiger partial charge in [0.15, 0.2) is 11.9 Å². The summed E-state index contributed by atoms with van der Waals surface area (Å²) >= 11 is 0. The van der Waals surface area contributed by atoms with E-state index in [1.165, 1.54) is 5.56 Å². The van der Waals surface area contributed by atoms with E-state index >= 15 is 0 Å². The maximum atomic E-state index is 11.5. The van der Waals surface area contributed by atoms with Gasteiger partial charge in [0.2, 0.25) is 0 Å². The highest BCUT2D eigenvalue weighted by Gasteiger charge is 2.42. The fourth-order valence-corrected chi connectivity index (χ4v) is 2.30. The summed E-state index contributed by atoms with van der Waals surface area (Å²) in [6.45, 7) is 7.05. The lowest BCUT2D eigenvalue weighted by molar-refractivity contribution is -0.154. The van der Waals surface area contributed by atoms with Gasteiger partial charge < -0.3 is 9.47 Å². The fraction of sp³-hybridized carbons (Fsp3) is 0.588. The minimum Gasteiger partial charge on any atom is -0.487 e. The summed E-state index contributed by atoms with van der Waals surface area (Å²) in [6.07, 6.45) is 2.01. The van der Waals surface area contributed by atoms with Crippen LogP contribution >= 0.6 is 0 Å². The largest absolute Gasteiger partial charge is 0.487 e. The van der Waals surface area contributed by atoms with Crippen LogP contribution in [0.2, 0.25) is 0 Å². The number of benzene rings is 1. The lowest BCUT2D eigenvalue weighted by Crippen LogP contribution is -2.52. The van der Waals surface area contributed by atoms with Crippen LogP contribution in [0.15, 0.2) is 24.3 Å². The van der Waals surface area contributed by atoms with Crippen molar-refractivity contribution in [3.8, 4) is 5.75 Å². The van der Waals surface area contributed by atoms with Gasteiger partial charge in [0, 0.05) is 13.0 Å². The van der Waals surface area contributed by atoms with Crippen LogP contribution in [0.25, 0.3) is 0 Å². The molecule has 1 aliphatic rings. The third kappa shape index (κ3) is 3.40. The first-order valence-electron chi connectivity index (χ1n) is 7.56. The molecular formula is C17H24O3. The molecule has 1 saturated carbocycles. The molecule has 1 aromatic carbocycles. The van der Waals surface area contributed by atoms with Gasteiger partial charge in [-0.2, -0.15) is 0 Å². The number of rotatable bonds is 7. The predicted molar refractivity (Wildman–Crippen MR) is 79.2 cm³/mol. The predicted octanol–water partition coefficient (Wildman–Crippen LogP) is 3.72. The molecule has 0 aliphatic heterocycles. The Kier molecular flexibility index (Phi) is 5.18. The number of hydrogen-bond acceptors (Lipinski definition) is 3. The average Bonchev–Trinajstić information content (AvgIpc) is 2.47. The van der Waals surface area contributed by atoms with Crippen LogP contribution in [0.4, 0.5) is 0 Å². The zero-order valence-corrected chi connectivity index (χ0v) is 12.6. The third-order valence-corrected chi connectivity index (χ3v) is 3.91. The SMILES string of the molecule is CCCOC1C(=O)CC1Oc1ccc(C(C)CC)cc1. The van der Waals surface area contributed by atoms with Crippen LogP contribution in [0.3, 0.4) is 0 Å². The van der Waals surface area contributed by atoms with E-state index in [9.17, 15) is 4.79 Å². The van der Waals surface area contributed by atoms with Crippen molar-refractivity contribution in [3.63, 3.8) is 0 Å². The molecule has 20 heavy (non-hydrogen) atoms. The van der Waals surface area contributed by atoms with Gasteiger partial charge in [-0.3, -0.25) is 4.79 Å². The molecule has 0 bridgehead atoms. The van der Waals surface area contributed by atoms with Gasteiger partial charge in [-0.05, 0) is 36.5 Å². The second-order valence-electron chi connectivity index (χ2n) is 5.50. The molecule has 1 aromatic rings. The molecule has 0 radical (unpaired) electrons. The molecular weight excluding hydrogens is 252 g/mol. The van der Waals surface area contributed by atoms with Gasteiger partial charge in [-0.1, -0.05) is 32.9 Å². The zero-order valence-electron chi connectivity index (χ0n) is 12.6. The van der Waals surface area contributed by atoms with Gasteiger partial charge in [0.05, 0.1) is 0 Å². The Labute approximate surface area is 121 Å². The van der Waals surface area contributed by atoms with Gasteiger partial charge in [0.25, 0.3) is 0 Å². The van der Waals surface area contributed by atoms with Crippen molar-refractivity contribution >= 4 is 5.78 Å². The lowest BCUT2D eigenvalue weighted by Gasteiger charge is -2.34. The molecule has 3 heteroatoms. The smallest absolute Gasteiger partial charge is 0.169 e. The monoisotopic (exact) mass is 276 g/mol. The summed E-state index contributed by atoms with van der Waals surface area (Å²) < 4.78 is 11.4. The molecule has 1 fully saturated rings. The second kappa shape index (κ2) is 6.89. The number of hydrogen-bond donors (Lipinski definition) is 0. The summed E-state index contributed by atoms with van der Waals surface area (Å²) in [6, 6.07) is 8.18. The van der Waals surface area contributed by atoms with Gasteiger partial charge in [-0.25, -0.2) is 0 Å². The van der Waals surface area contributed by atoms with Crippen LogP contribution in [0.1, 0.15) is 51.5 Å². The topological polar surface area (TPSA) is 35.5 Å². The van der Waals surface area contributed by atoms with E-state index in [4.69, 9.17) is 9.47 Å². The third-order valence-electron chi connectivity index (χ3n) is 3.91. The quantitative estimate of drug-likeness (QED) is 0.761. The van der Waals surface area contributed by atoms with Gasteiger partial charge in [-0.15, -0.1) is 0 Å². The zero-order chi connectivity index (χ0) is 14.5. The Morgan fingerprint density at radius 2 is 1.95 bits per heavy atom. The van der Waals surface area contributed by atoms with Gasteiger partial charge in [0.1, 0.15) is 11.9 Å². The van der Waals surface area contributed by atoms with E-state index in [1.807, 2.05) is 19.1 Å². The maximum absolute atomic E-state index is 11.5. The Bertz CT molecular complexity index is 438. The standard InChI is InChI=1S/C17H24O3/c1-4-10-19-17-15(18)11-16(17)20-14-8-6-13(7-9-14)12(3)5-2/h6-9,12,16-17H,4-5,10-11H2,1-3H3. The number of carbonyl (C=O) groups is 1. The number of ether oxygens (including phenoxy) is 2. The average molecular weight is 276 g/mol. The minimum atomic E-state index is -0.371. The Morgan fingerprint density at radius 1 is 1.25 bits per heavy atom. The Balaban J connectivity index is 1.91. The highest BCUT2D eigenvalue weighted by Crippen LogP contribution is 2.27. The first-order valence-corrected chi connectivity index (χ1v) is 7.56. The second-order valence-corrected chi connectivity index (χ2v) is 5.50. The van der Waals surface area contributed by atoms with Crippen molar-refractivity contribution in [2.24, 2.45) is 0 Å². The molecule has 1 aliphatic carbocycles. The summed E-state index contributed by atoms with van der Waals surface area (Å²) in [4.78, 5) is 11.5. The van der Waals surface area contributed by atoms with Gasteiger partial charge >= 0.3 is 0 Å². The van der Waals surface area contributed by atoms with E-state index in [1.54, 1.807) is 0 Å². The molecule has 0 spiro atoms. The highest BCUT2D eigenvalue weighted by molar-refractivity contribution is 5.90. The Morgan fingerprint density at radius 3 is 2.50 bits per heavy atom. The number of carbonyl (C=O) groups excluding carboxylic acids is 1. The fourth-order valence-electron chi connectivity index (χ4n) is 2.30. The molecule has 110 valence electrons. The summed E-state index contributed by atoms with van der Waals surface area (Å²) in [5.41, 5.74) is 1.32. The molecule has 2 rings (SSSR count). The van der Waals surface area contributed by atoms with Crippen LogP contribution in [0, 0.1) is 0 Å². The first kappa shape index (κ1) is 15.0. The highest BCUT2D eigenvalue weighted by atomic mass is 16.5. The molecule has 0 aromatic heterocycles. The molecule has 0 N–H and O–H groups in total. The van der Waals surface area contributed by atoms with Crippen molar-refractivity contribution in [2.45, 2.75) is 58.2 Å². The molecule has 3 nitrogen and oxygen atoms in total. The Hall–Kier alpha value is -1.35. The van der Waals surface area contributed by atoms with E-state index in [2.05, 4.69) is 26.0 Å². The van der Waals surface area contributed by atoms with Crippen LogP contribution < -0.4 is 4.74 Å². The number of Topliss-reactive ketones (excluding diaryl/α,β-unsaturated/α-hetero) is 1. The minimum absolute atomic E-state index is 0.122. The maximum Gasteiger partial charge on any atom is 0.169 e. The van der Waals surface area contributed by atoms with Crippen molar-refractivity contribution in [2.75, 3.05) is 6.61 Å². The molecule has 3 unspecified atom stereocenters. The van der Waals surface area contributed by atoms with E-state index in [0.29, 0.717) is 18.9 Å². The van der Waals surface area contributed by atoms with E-state index in [-0.39, 0.29) is 18.0 Å². The molecule has 0 amide bonds. The van der Waals surface area contributed by atoms with Crippen LogP contribution in [-0.4, -0.2) is 24.6 Å². The normalized spacial score (nSPS) is 23.2. The molecule has 0 heterocycles. The summed E-state index contributed by atoms with van der Waals surface area (Å²) in [5, 5.41) is 0. The number of ketones is 1.